The first-order chi connectivity index (χ1) is 15.5. The number of para-hydroxylation sites is 1. The van der Waals surface area contributed by atoms with Crippen molar-refractivity contribution in [3.63, 3.8) is 0 Å². The SMILES string of the molecule is O=C(c1cc(=O)c2ccccc2o1)N(Cc1ccccc1)c1nc2c(F)cc(F)cc2s1. The smallest absolute Gasteiger partial charge is 0.296 e. The number of aromatic nitrogens is 1. The fourth-order valence-electron chi connectivity index (χ4n) is 3.40. The molecule has 0 aliphatic carbocycles. The van der Waals surface area contributed by atoms with Crippen molar-refractivity contribution < 1.29 is 18.0 Å². The lowest BCUT2D eigenvalue weighted by Crippen LogP contribution is -2.31. The molecule has 5 rings (SSSR count). The zero-order valence-corrected chi connectivity index (χ0v) is 17.2. The van der Waals surface area contributed by atoms with Crippen molar-refractivity contribution in [1.82, 2.24) is 4.98 Å². The second-order valence-electron chi connectivity index (χ2n) is 7.08. The molecule has 2 heterocycles. The number of thiazole rings is 1. The molecule has 0 atom stereocenters. The van der Waals surface area contributed by atoms with Gasteiger partial charge in [-0.15, -0.1) is 0 Å². The van der Waals surface area contributed by atoms with Crippen molar-refractivity contribution in [2.45, 2.75) is 6.54 Å². The maximum Gasteiger partial charge on any atom is 0.296 e. The minimum atomic E-state index is -0.813. The highest BCUT2D eigenvalue weighted by molar-refractivity contribution is 7.22. The molecule has 32 heavy (non-hydrogen) atoms. The van der Waals surface area contributed by atoms with E-state index in [-0.39, 0.29) is 38.7 Å². The third-order valence-corrected chi connectivity index (χ3v) is 5.93. The molecule has 3 aromatic carbocycles. The molecule has 0 fully saturated rings. The van der Waals surface area contributed by atoms with Gasteiger partial charge in [0.05, 0.1) is 16.6 Å². The predicted molar refractivity (Wildman–Crippen MR) is 119 cm³/mol. The minimum Gasteiger partial charge on any atom is -0.451 e. The van der Waals surface area contributed by atoms with E-state index in [0.29, 0.717) is 5.39 Å². The first-order valence-corrected chi connectivity index (χ1v) is 10.5. The second kappa shape index (κ2) is 7.97. The molecule has 0 radical (unpaired) electrons. The third-order valence-electron chi connectivity index (χ3n) is 4.91. The first kappa shape index (κ1) is 20.0. The van der Waals surface area contributed by atoms with Crippen LogP contribution in [-0.2, 0) is 6.54 Å². The summed E-state index contributed by atoms with van der Waals surface area (Å²) in [6.45, 7) is 0.0974. The summed E-state index contributed by atoms with van der Waals surface area (Å²) in [6.07, 6.45) is 0. The molecule has 5 aromatic rings. The average Bonchev–Trinajstić information content (AvgIpc) is 3.22. The summed E-state index contributed by atoms with van der Waals surface area (Å²) in [5, 5.41) is 0.519. The lowest BCUT2D eigenvalue weighted by atomic mass is 10.2. The quantitative estimate of drug-likeness (QED) is 0.363. The van der Waals surface area contributed by atoms with E-state index in [4.69, 9.17) is 4.42 Å². The summed E-state index contributed by atoms with van der Waals surface area (Å²) in [4.78, 5) is 31.5. The monoisotopic (exact) mass is 448 g/mol. The summed E-state index contributed by atoms with van der Waals surface area (Å²) in [5.41, 5.74) is 0.680. The van der Waals surface area contributed by atoms with E-state index in [0.717, 1.165) is 29.0 Å². The van der Waals surface area contributed by atoms with Crippen LogP contribution in [0.1, 0.15) is 16.1 Å². The summed E-state index contributed by atoms with van der Waals surface area (Å²) >= 11 is 0.978. The van der Waals surface area contributed by atoms with Crippen molar-refractivity contribution in [1.29, 1.82) is 0 Å². The van der Waals surface area contributed by atoms with Gasteiger partial charge in [0.15, 0.2) is 22.1 Å². The van der Waals surface area contributed by atoms with Crippen LogP contribution in [0.25, 0.3) is 21.2 Å². The van der Waals surface area contributed by atoms with Gasteiger partial charge in [-0.25, -0.2) is 13.8 Å². The molecular weight excluding hydrogens is 434 g/mol. The predicted octanol–water partition coefficient (Wildman–Crippen LogP) is 5.53. The van der Waals surface area contributed by atoms with Crippen molar-refractivity contribution in [2.24, 2.45) is 0 Å². The van der Waals surface area contributed by atoms with E-state index in [1.165, 1.54) is 11.0 Å². The molecule has 0 N–H and O–H groups in total. The molecule has 8 heteroatoms. The van der Waals surface area contributed by atoms with Crippen LogP contribution in [0.5, 0.6) is 0 Å². The van der Waals surface area contributed by atoms with Crippen LogP contribution in [0.4, 0.5) is 13.9 Å². The summed E-state index contributed by atoms with van der Waals surface area (Å²) in [6, 6.07) is 18.8. The van der Waals surface area contributed by atoms with E-state index in [2.05, 4.69) is 4.98 Å². The van der Waals surface area contributed by atoms with Gasteiger partial charge in [-0.05, 0) is 23.8 Å². The number of carbonyl (C=O) groups excluding carboxylic acids is 1. The molecule has 1 amide bonds. The number of hydrogen-bond donors (Lipinski definition) is 0. The van der Waals surface area contributed by atoms with Crippen molar-refractivity contribution in [3.8, 4) is 0 Å². The number of amides is 1. The number of rotatable bonds is 4. The molecule has 0 aliphatic heterocycles. The Labute approximate surface area is 184 Å². The number of halogens is 2. The van der Waals surface area contributed by atoms with Crippen molar-refractivity contribution >= 4 is 43.6 Å². The van der Waals surface area contributed by atoms with Crippen molar-refractivity contribution in [2.75, 3.05) is 4.90 Å². The van der Waals surface area contributed by atoms with Gasteiger partial charge in [-0.2, -0.15) is 0 Å². The van der Waals surface area contributed by atoms with Gasteiger partial charge in [0.1, 0.15) is 16.9 Å². The Morgan fingerprint density at radius 1 is 1.00 bits per heavy atom. The van der Waals surface area contributed by atoms with Crippen LogP contribution in [0.2, 0.25) is 0 Å². The zero-order valence-electron chi connectivity index (χ0n) is 16.4. The molecule has 0 spiro atoms. The standard InChI is InChI=1S/C24H14F2N2O3S/c25-15-10-17(26)22-21(11-15)32-24(27-22)28(13-14-6-2-1-3-7-14)23(30)20-12-18(29)16-8-4-5-9-19(16)31-20/h1-12H,13H2. The van der Waals surface area contributed by atoms with E-state index in [1.807, 2.05) is 30.3 Å². The Morgan fingerprint density at radius 2 is 1.75 bits per heavy atom. The van der Waals surface area contributed by atoms with Crippen LogP contribution in [-0.4, -0.2) is 10.9 Å². The minimum absolute atomic E-state index is 0.0303. The number of hydrogen-bond acceptors (Lipinski definition) is 5. The largest absolute Gasteiger partial charge is 0.451 e. The van der Waals surface area contributed by atoms with Gasteiger partial charge < -0.3 is 4.42 Å². The van der Waals surface area contributed by atoms with E-state index >= 15 is 0 Å². The maximum absolute atomic E-state index is 14.2. The summed E-state index contributed by atoms with van der Waals surface area (Å²) < 4.78 is 33.9. The van der Waals surface area contributed by atoms with Gasteiger partial charge in [-0.1, -0.05) is 53.8 Å². The number of nitrogens with zero attached hydrogens (tertiary/aromatic N) is 2. The molecule has 0 aliphatic rings. The number of fused-ring (bicyclic) bond motifs is 2. The normalized spacial score (nSPS) is 11.2. The summed E-state index contributed by atoms with van der Waals surface area (Å²) in [5.74, 6) is -2.33. The van der Waals surface area contributed by atoms with Crippen LogP contribution in [0.15, 0.2) is 82.0 Å². The van der Waals surface area contributed by atoms with Crippen molar-refractivity contribution in [3.05, 3.63) is 106 Å². The van der Waals surface area contributed by atoms with Gasteiger partial charge in [-0.3, -0.25) is 14.5 Å². The molecule has 158 valence electrons. The lowest BCUT2D eigenvalue weighted by molar-refractivity contribution is 0.0959. The maximum atomic E-state index is 14.2. The van der Waals surface area contributed by atoms with Crippen LogP contribution >= 0.6 is 11.3 Å². The molecule has 0 saturated carbocycles. The zero-order chi connectivity index (χ0) is 22.2. The molecule has 0 bridgehead atoms. The Hall–Kier alpha value is -3.91. The fourth-order valence-corrected chi connectivity index (χ4v) is 4.40. The fraction of sp³-hybridized carbons (Fsp3) is 0.0417. The number of benzene rings is 3. The Balaban J connectivity index is 1.64. The first-order valence-electron chi connectivity index (χ1n) is 9.64. The third kappa shape index (κ3) is 3.65. The Kier molecular flexibility index (Phi) is 4.99. The molecule has 0 unspecified atom stereocenters. The van der Waals surface area contributed by atoms with E-state index < -0.39 is 17.5 Å². The Bertz CT molecular complexity index is 1530. The highest BCUT2D eigenvalue weighted by atomic mass is 32.1. The van der Waals surface area contributed by atoms with Gasteiger partial charge in [0.2, 0.25) is 0 Å². The van der Waals surface area contributed by atoms with E-state index in [9.17, 15) is 18.4 Å². The van der Waals surface area contributed by atoms with E-state index in [1.54, 1.807) is 24.3 Å². The van der Waals surface area contributed by atoms with Crippen LogP contribution in [0.3, 0.4) is 0 Å². The van der Waals surface area contributed by atoms with Crippen LogP contribution in [0, 0.1) is 11.6 Å². The number of carbonyl (C=O) groups is 1. The lowest BCUT2D eigenvalue weighted by Gasteiger charge is -2.19. The molecule has 0 saturated heterocycles. The highest BCUT2D eigenvalue weighted by Gasteiger charge is 2.25. The van der Waals surface area contributed by atoms with Gasteiger partial charge in [0, 0.05) is 12.1 Å². The van der Waals surface area contributed by atoms with Gasteiger partial charge in [0.25, 0.3) is 5.91 Å². The highest BCUT2D eigenvalue weighted by Crippen LogP contribution is 2.33. The molecular formula is C24H14F2N2O3S. The van der Waals surface area contributed by atoms with Gasteiger partial charge >= 0.3 is 0 Å². The average molecular weight is 448 g/mol. The molecule has 2 aromatic heterocycles. The topological polar surface area (TPSA) is 63.4 Å². The Morgan fingerprint density at radius 3 is 2.56 bits per heavy atom. The number of anilines is 1. The summed E-state index contributed by atoms with van der Waals surface area (Å²) in [7, 11) is 0. The second-order valence-corrected chi connectivity index (χ2v) is 8.09. The van der Waals surface area contributed by atoms with Crippen LogP contribution < -0.4 is 10.3 Å². The molecule has 5 nitrogen and oxygen atoms in total.